The number of anilines is 1. The lowest BCUT2D eigenvalue weighted by Gasteiger charge is -2.32. The molecule has 10 heteroatoms. The molecule has 1 saturated heterocycles. The molecule has 1 N–H and O–H groups in total. The van der Waals surface area contributed by atoms with Crippen molar-refractivity contribution in [2.75, 3.05) is 24.2 Å². The van der Waals surface area contributed by atoms with Crippen LogP contribution in [-0.4, -0.2) is 42.7 Å². The molecule has 0 saturated carbocycles. The van der Waals surface area contributed by atoms with Crippen LogP contribution in [-0.2, 0) is 9.84 Å². The number of rotatable bonds is 4. The molecule has 124 valence electrons. The zero-order valence-electron chi connectivity index (χ0n) is 12.4. The summed E-state index contributed by atoms with van der Waals surface area (Å²) in [4.78, 5) is 20.0. The van der Waals surface area contributed by atoms with Gasteiger partial charge in [0.1, 0.15) is 10.0 Å². The van der Waals surface area contributed by atoms with Gasteiger partial charge in [0.15, 0.2) is 14.8 Å². The van der Waals surface area contributed by atoms with Crippen LogP contribution in [0, 0.1) is 10.1 Å². The third kappa shape index (κ3) is 3.22. The molecule has 3 heterocycles. The van der Waals surface area contributed by atoms with Crippen LogP contribution < -0.4 is 4.90 Å². The van der Waals surface area contributed by atoms with E-state index in [0.717, 1.165) is 42.3 Å². The second kappa shape index (κ2) is 5.93. The van der Waals surface area contributed by atoms with E-state index in [9.17, 15) is 18.5 Å². The first-order valence-corrected chi connectivity index (χ1v) is 9.79. The van der Waals surface area contributed by atoms with E-state index in [1.54, 1.807) is 12.4 Å². The van der Waals surface area contributed by atoms with Crippen LogP contribution in [0.5, 0.6) is 0 Å². The largest absolute Gasteiger partial charge is 0.357 e. The van der Waals surface area contributed by atoms with Gasteiger partial charge >= 0.3 is 5.69 Å². The van der Waals surface area contributed by atoms with Crippen LogP contribution in [0.3, 0.4) is 0 Å². The van der Waals surface area contributed by atoms with Gasteiger partial charge in [-0.15, -0.1) is 0 Å². The highest BCUT2D eigenvalue weighted by molar-refractivity contribution is 7.92. The van der Waals surface area contributed by atoms with Gasteiger partial charge in [0.05, 0.1) is 4.92 Å². The number of piperidine rings is 1. The first-order chi connectivity index (χ1) is 10.9. The molecule has 2 aromatic rings. The first-order valence-electron chi connectivity index (χ1n) is 7.09. The number of nitrogens with zero attached hydrogens (tertiary/aromatic N) is 3. The third-order valence-corrected chi connectivity index (χ3v) is 6.83. The number of hydrogen-bond donors (Lipinski definition) is 1. The molecule has 0 aliphatic carbocycles. The SMILES string of the molecule is CS(=O)(=O)c1cc([N+](=O)[O-])c(N2CCCC(c3ncc[nH]3)C2)s1. The predicted molar refractivity (Wildman–Crippen MR) is 86.9 cm³/mol. The Morgan fingerprint density at radius 2 is 2.30 bits per heavy atom. The van der Waals surface area contributed by atoms with E-state index in [2.05, 4.69) is 9.97 Å². The number of hydrogen-bond acceptors (Lipinski definition) is 7. The molecule has 1 aliphatic rings. The lowest BCUT2D eigenvalue weighted by molar-refractivity contribution is -0.383. The van der Waals surface area contributed by atoms with Gasteiger partial charge in [-0.05, 0) is 12.8 Å². The van der Waals surface area contributed by atoms with Crippen LogP contribution in [0.1, 0.15) is 24.6 Å². The number of aromatic nitrogens is 2. The lowest BCUT2D eigenvalue weighted by Crippen LogP contribution is -2.34. The van der Waals surface area contributed by atoms with E-state index in [0.29, 0.717) is 18.1 Å². The summed E-state index contributed by atoms with van der Waals surface area (Å²) >= 11 is 0.966. The molecule has 0 radical (unpaired) electrons. The normalized spacial score (nSPS) is 19.0. The van der Waals surface area contributed by atoms with Gasteiger partial charge in [0, 0.05) is 43.7 Å². The van der Waals surface area contributed by atoms with Crippen LogP contribution in [0.25, 0.3) is 0 Å². The monoisotopic (exact) mass is 356 g/mol. The van der Waals surface area contributed by atoms with Gasteiger partial charge in [-0.1, -0.05) is 11.3 Å². The maximum absolute atomic E-state index is 11.7. The number of nitrogens with one attached hydrogen (secondary N) is 1. The minimum absolute atomic E-state index is 0.0272. The van der Waals surface area contributed by atoms with Crippen molar-refractivity contribution in [2.45, 2.75) is 23.0 Å². The Kier molecular flexibility index (Phi) is 4.11. The van der Waals surface area contributed by atoms with Gasteiger partial charge in [-0.3, -0.25) is 10.1 Å². The Balaban J connectivity index is 1.94. The number of imidazole rings is 1. The summed E-state index contributed by atoms with van der Waals surface area (Å²) < 4.78 is 23.4. The van der Waals surface area contributed by atoms with E-state index in [1.165, 1.54) is 0 Å². The Labute approximate surface area is 137 Å². The lowest BCUT2D eigenvalue weighted by atomic mass is 9.97. The predicted octanol–water partition coefficient (Wildman–Crippen LogP) is 2.17. The molecule has 23 heavy (non-hydrogen) atoms. The minimum atomic E-state index is -3.46. The van der Waals surface area contributed by atoms with Crippen molar-refractivity contribution in [1.29, 1.82) is 0 Å². The van der Waals surface area contributed by atoms with Gasteiger partial charge in [-0.2, -0.15) is 0 Å². The molecule has 1 aliphatic heterocycles. The zero-order chi connectivity index (χ0) is 16.6. The van der Waals surface area contributed by atoms with E-state index >= 15 is 0 Å². The summed E-state index contributed by atoms with van der Waals surface area (Å²) in [7, 11) is -3.46. The average Bonchev–Trinajstić information content (AvgIpc) is 3.16. The molecule has 0 spiro atoms. The molecule has 8 nitrogen and oxygen atoms in total. The van der Waals surface area contributed by atoms with Crippen LogP contribution in [0.4, 0.5) is 10.7 Å². The fraction of sp³-hybridized carbons (Fsp3) is 0.462. The fourth-order valence-electron chi connectivity index (χ4n) is 2.78. The van der Waals surface area contributed by atoms with Crippen molar-refractivity contribution in [2.24, 2.45) is 0 Å². The maximum atomic E-state index is 11.7. The van der Waals surface area contributed by atoms with Crippen molar-refractivity contribution < 1.29 is 13.3 Å². The molecule has 0 amide bonds. The van der Waals surface area contributed by atoms with E-state index in [4.69, 9.17) is 0 Å². The smallest absolute Gasteiger partial charge is 0.305 e. The van der Waals surface area contributed by atoms with Gasteiger partial charge in [-0.25, -0.2) is 13.4 Å². The number of sulfone groups is 1. The maximum Gasteiger partial charge on any atom is 0.305 e. The quantitative estimate of drug-likeness (QED) is 0.664. The molecule has 0 aromatic carbocycles. The van der Waals surface area contributed by atoms with Crippen LogP contribution >= 0.6 is 11.3 Å². The molecule has 1 atom stereocenters. The number of nitro groups is 1. The van der Waals surface area contributed by atoms with Crippen molar-refractivity contribution in [3.05, 3.63) is 34.4 Å². The molecular weight excluding hydrogens is 340 g/mol. The van der Waals surface area contributed by atoms with E-state index in [1.807, 2.05) is 4.90 Å². The highest BCUT2D eigenvalue weighted by atomic mass is 32.2. The molecule has 1 fully saturated rings. The molecule has 1 unspecified atom stereocenters. The highest BCUT2D eigenvalue weighted by Crippen LogP contribution is 2.42. The second-order valence-electron chi connectivity index (χ2n) is 5.54. The average molecular weight is 356 g/mol. The number of H-pyrrole nitrogens is 1. The molecule has 2 aromatic heterocycles. The van der Waals surface area contributed by atoms with Crippen molar-refractivity contribution in [1.82, 2.24) is 9.97 Å². The summed E-state index contributed by atoms with van der Waals surface area (Å²) in [5.41, 5.74) is -0.143. The van der Waals surface area contributed by atoms with Crippen LogP contribution in [0.15, 0.2) is 22.7 Å². The Morgan fingerprint density at radius 3 is 2.91 bits per heavy atom. The Hall–Kier alpha value is -1.94. The number of aromatic amines is 1. The summed E-state index contributed by atoms with van der Waals surface area (Å²) in [6, 6.07) is 1.16. The first kappa shape index (κ1) is 15.9. The fourth-order valence-corrected chi connectivity index (χ4v) is 4.84. The molecule has 3 rings (SSSR count). The van der Waals surface area contributed by atoms with Crippen molar-refractivity contribution in [3.8, 4) is 0 Å². The van der Waals surface area contributed by atoms with Gasteiger partial charge in [0.2, 0.25) is 0 Å². The third-order valence-electron chi connectivity index (χ3n) is 3.85. The summed E-state index contributed by atoms with van der Waals surface area (Å²) in [6.45, 7) is 1.25. The summed E-state index contributed by atoms with van der Waals surface area (Å²) in [5.74, 6) is 1.01. The van der Waals surface area contributed by atoms with Crippen molar-refractivity contribution >= 4 is 31.9 Å². The summed E-state index contributed by atoms with van der Waals surface area (Å²) in [6.07, 6.45) is 6.32. The second-order valence-corrected chi connectivity index (χ2v) is 8.82. The topological polar surface area (TPSA) is 109 Å². The van der Waals surface area contributed by atoms with Gasteiger partial charge < -0.3 is 9.88 Å². The Morgan fingerprint density at radius 1 is 1.52 bits per heavy atom. The molecule has 0 bridgehead atoms. The van der Waals surface area contributed by atoms with E-state index < -0.39 is 14.8 Å². The van der Waals surface area contributed by atoms with E-state index in [-0.39, 0.29) is 15.8 Å². The zero-order valence-corrected chi connectivity index (χ0v) is 14.1. The van der Waals surface area contributed by atoms with Gasteiger partial charge in [0.25, 0.3) is 0 Å². The minimum Gasteiger partial charge on any atom is -0.357 e. The number of thiophene rings is 1. The van der Waals surface area contributed by atoms with Crippen LogP contribution in [0.2, 0.25) is 0 Å². The highest BCUT2D eigenvalue weighted by Gasteiger charge is 2.31. The standard InChI is InChI=1S/C13H16N4O4S2/c1-23(20,21)11-7-10(17(18)19)13(22-11)16-6-2-3-9(8-16)12-14-4-5-15-12/h4-5,7,9H,2-3,6,8H2,1H3,(H,14,15). The van der Waals surface area contributed by atoms with Crippen molar-refractivity contribution in [3.63, 3.8) is 0 Å². The summed E-state index contributed by atoms with van der Waals surface area (Å²) in [5, 5.41) is 11.7. The Bertz CT molecular complexity index is 813. The molecular formula is C13H16N4O4S2.